The molecule has 2 rings (SSSR count). The first-order valence-electron chi connectivity index (χ1n) is 7.19. The smallest absolute Gasteiger partial charge is 0.251 e. The molecule has 4 nitrogen and oxygen atoms in total. The van der Waals surface area contributed by atoms with Crippen LogP contribution in [0.15, 0.2) is 30.9 Å². The molecule has 0 aliphatic heterocycles. The minimum absolute atomic E-state index is 0.0672. The minimum atomic E-state index is -0.0672. The molecule has 0 bridgehead atoms. The van der Waals surface area contributed by atoms with Crippen LogP contribution < -0.4 is 5.32 Å². The quantitative estimate of drug-likeness (QED) is 0.607. The number of hydrogen-bond donors (Lipinski definition) is 2. The Morgan fingerprint density at radius 2 is 2.19 bits per heavy atom. The molecule has 2 N–H and O–H groups in total. The molecule has 4 heteroatoms. The summed E-state index contributed by atoms with van der Waals surface area (Å²) in [5.41, 5.74) is 4.07. The highest BCUT2D eigenvalue weighted by atomic mass is 16.5. The number of ether oxygens (including phenoxy) is 1. The number of fused-ring (bicyclic) bond motifs is 1. The summed E-state index contributed by atoms with van der Waals surface area (Å²) in [5.74, 6) is -0.0672. The first kappa shape index (κ1) is 15.3. The van der Waals surface area contributed by atoms with Crippen molar-refractivity contribution in [3.8, 4) is 0 Å². The Hall–Kier alpha value is -2.07. The van der Waals surface area contributed by atoms with Gasteiger partial charge in [-0.25, -0.2) is 0 Å². The summed E-state index contributed by atoms with van der Waals surface area (Å²) in [4.78, 5) is 15.4. The van der Waals surface area contributed by atoms with Crippen LogP contribution in [0.1, 0.15) is 28.0 Å². The van der Waals surface area contributed by atoms with Gasteiger partial charge in [0.15, 0.2) is 0 Å². The molecule has 0 unspecified atom stereocenters. The molecule has 0 radical (unpaired) electrons. The highest BCUT2D eigenvalue weighted by Gasteiger charge is 2.09. The van der Waals surface area contributed by atoms with Gasteiger partial charge in [-0.2, -0.15) is 0 Å². The Kier molecular flexibility index (Phi) is 5.17. The van der Waals surface area contributed by atoms with Crippen molar-refractivity contribution in [1.82, 2.24) is 10.3 Å². The molecule has 0 fully saturated rings. The van der Waals surface area contributed by atoms with Crippen molar-refractivity contribution in [2.75, 3.05) is 19.8 Å². The molecular formula is C17H22N2O2. The number of carbonyl (C=O) groups excluding carboxylic acids is 1. The molecule has 2 aromatic rings. The molecule has 1 heterocycles. The number of aryl methyl sites for hydroxylation is 2. The lowest BCUT2D eigenvalue weighted by Gasteiger charge is -2.06. The lowest BCUT2D eigenvalue weighted by molar-refractivity contribution is 0.0918. The van der Waals surface area contributed by atoms with Crippen LogP contribution in [0.2, 0.25) is 0 Å². The SMILES string of the molecule is C=CCCOCCNC(=O)c1ccc2[nH]c(C)c(C)c2c1. The van der Waals surface area contributed by atoms with Crippen molar-refractivity contribution in [3.63, 3.8) is 0 Å². The van der Waals surface area contributed by atoms with Crippen molar-refractivity contribution in [2.24, 2.45) is 0 Å². The number of rotatable bonds is 7. The Labute approximate surface area is 125 Å². The summed E-state index contributed by atoms with van der Waals surface area (Å²) in [6, 6.07) is 5.72. The van der Waals surface area contributed by atoms with Crippen LogP contribution in [0.3, 0.4) is 0 Å². The fourth-order valence-electron chi connectivity index (χ4n) is 2.21. The molecule has 0 spiro atoms. The summed E-state index contributed by atoms with van der Waals surface area (Å²) < 4.78 is 5.36. The summed E-state index contributed by atoms with van der Waals surface area (Å²) in [5, 5.41) is 3.97. The van der Waals surface area contributed by atoms with Gasteiger partial charge in [-0.1, -0.05) is 6.08 Å². The Morgan fingerprint density at radius 1 is 1.38 bits per heavy atom. The van der Waals surface area contributed by atoms with E-state index < -0.39 is 0 Å². The lowest BCUT2D eigenvalue weighted by Crippen LogP contribution is -2.27. The maximum atomic E-state index is 12.1. The van der Waals surface area contributed by atoms with Crippen molar-refractivity contribution in [3.05, 3.63) is 47.7 Å². The Balaban J connectivity index is 1.93. The number of benzene rings is 1. The standard InChI is InChI=1S/C17H22N2O2/c1-4-5-9-21-10-8-18-17(20)14-6-7-16-15(11-14)12(2)13(3)19-16/h4,6-7,11,19H,1,5,8-10H2,2-3H3,(H,18,20). The summed E-state index contributed by atoms with van der Waals surface area (Å²) in [6.07, 6.45) is 2.64. The zero-order valence-electron chi connectivity index (χ0n) is 12.7. The third kappa shape index (κ3) is 3.73. The van der Waals surface area contributed by atoms with Crippen LogP contribution in [0.4, 0.5) is 0 Å². The van der Waals surface area contributed by atoms with E-state index in [2.05, 4.69) is 23.8 Å². The summed E-state index contributed by atoms with van der Waals surface area (Å²) in [7, 11) is 0. The third-order valence-corrected chi connectivity index (χ3v) is 3.57. The molecule has 1 aromatic heterocycles. The Morgan fingerprint density at radius 3 is 2.95 bits per heavy atom. The first-order chi connectivity index (χ1) is 10.1. The zero-order chi connectivity index (χ0) is 15.2. The van der Waals surface area contributed by atoms with Gasteiger partial charge >= 0.3 is 0 Å². The molecule has 1 amide bonds. The van der Waals surface area contributed by atoms with Gasteiger partial charge in [0.1, 0.15) is 0 Å². The van der Waals surface area contributed by atoms with Crippen LogP contribution in [0, 0.1) is 13.8 Å². The fraction of sp³-hybridized carbons (Fsp3) is 0.353. The van der Waals surface area contributed by atoms with Crippen molar-refractivity contribution in [2.45, 2.75) is 20.3 Å². The monoisotopic (exact) mass is 286 g/mol. The average Bonchev–Trinajstić information content (AvgIpc) is 2.77. The largest absolute Gasteiger partial charge is 0.379 e. The minimum Gasteiger partial charge on any atom is -0.379 e. The number of carbonyl (C=O) groups is 1. The van der Waals surface area contributed by atoms with Crippen molar-refractivity contribution >= 4 is 16.8 Å². The molecule has 0 aliphatic rings. The predicted octanol–water partition coefficient (Wildman–Crippen LogP) is 3.11. The lowest BCUT2D eigenvalue weighted by atomic mass is 10.1. The fourth-order valence-corrected chi connectivity index (χ4v) is 2.21. The number of nitrogens with one attached hydrogen (secondary N) is 2. The number of aromatic nitrogens is 1. The second kappa shape index (κ2) is 7.09. The van der Waals surface area contributed by atoms with Gasteiger partial charge in [0.2, 0.25) is 0 Å². The molecule has 0 saturated heterocycles. The van der Waals surface area contributed by atoms with E-state index in [1.807, 2.05) is 31.2 Å². The van der Waals surface area contributed by atoms with Crippen LogP contribution >= 0.6 is 0 Å². The number of hydrogen-bond acceptors (Lipinski definition) is 2. The van der Waals surface area contributed by atoms with E-state index in [9.17, 15) is 4.79 Å². The summed E-state index contributed by atoms with van der Waals surface area (Å²) >= 11 is 0. The van der Waals surface area contributed by atoms with E-state index >= 15 is 0 Å². The molecule has 0 aliphatic carbocycles. The number of amides is 1. The van der Waals surface area contributed by atoms with E-state index in [4.69, 9.17) is 4.74 Å². The summed E-state index contributed by atoms with van der Waals surface area (Å²) in [6.45, 7) is 9.40. The second-order valence-electron chi connectivity index (χ2n) is 5.08. The molecule has 1 aromatic carbocycles. The molecule has 21 heavy (non-hydrogen) atoms. The first-order valence-corrected chi connectivity index (χ1v) is 7.19. The number of H-pyrrole nitrogens is 1. The number of aromatic amines is 1. The zero-order valence-corrected chi connectivity index (χ0v) is 12.7. The normalized spacial score (nSPS) is 10.8. The van der Waals surface area contributed by atoms with E-state index in [1.54, 1.807) is 0 Å². The third-order valence-electron chi connectivity index (χ3n) is 3.57. The van der Waals surface area contributed by atoms with Gasteiger partial charge in [-0.3, -0.25) is 4.79 Å². The predicted molar refractivity (Wildman–Crippen MR) is 85.7 cm³/mol. The van der Waals surface area contributed by atoms with Crippen LogP contribution in [0.25, 0.3) is 10.9 Å². The van der Waals surface area contributed by atoms with Gasteiger partial charge in [0, 0.05) is 28.7 Å². The van der Waals surface area contributed by atoms with Gasteiger partial charge in [-0.15, -0.1) is 6.58 Å². The van der Waals surface area contributed by atoms with Crippen LogP contribution in [-0.4, -0.2) is 30.6 Å². The molecular weight excluding hydrogens is 264 g/mol. The van der Waals surface area contributed by atoms with Gasteiger partial charge in [0.25, 0.3) is 5.91 Å². The highest BCUT2D eigenvalue weighted by Crippen LogP contribution is 2.22. The van der Waals surface area contributed by atoms with Gasteiger partial charge in [0.05, 0.1) is 13.2 Å². The van der Waals surface area contributed by atoms with Crippen molar-refractivity contribution < 1.29 is 9.53 Å². The Bertz CT molecular complexity index is 644. The maximum Gasteiger partial charge on any atom is 0.251 e. The molecule has 112 valence electrons. The molecule has 0 atom stereocenters. The topological polar surface area (TPSA) is 54.1 Å². The van der Waals surface area contributed by atoms with Gasteiger partial charge < -0.3 is 15.0 Å². The maximum absolute atomic E-state index is 12.1. The van der Waals surface area contributed by atoms with E-state index in [-0.39, 0.29) is 5.91 Å². The van der Waals surface area contributed by atoms with E-state index in [0.29, 0.717) is 25.3 Å². The van der Waals surface area contributed by atoms with E-state index in [1.165, 1.54) is 5.56 Å². The van der Waals surface area contributed by atoms with Crippen LogP contribution in [-0.2, 0) is 4.74 Å². The van der Waals surface area contributed by atoms with Crippen LogP contribution in [0.5, 0.6) is 0 Å². The second-order valence-corrected chi connectivity index (χ2v) is 5.08. The van der Waals surface area contributed by atoms with Gasteiger partial charge in [-0.05, 0) is 44.0 Å². The molecule has 0 saturated carbocycles. The van der Waals surface area contributed by atoms with E-state index in [0.717, 1.165) is 23.0 Å². The average molecular weight is 286 g/mol. The highest BCUT2D eigenvalue weighted by molar-refractivity contribution is 5.99. The van der Waals surface area contributed by atoms with Crippen molar-refractivity contribution in [1.29, 1.82) is 0 Å².